The molecule has 2 rings (SSSR count). The predicted molar refractivity (Wildman–Crippen MR) is 73.8 cm³/mol. The fraction of sp³-hybridized carbons (Fsp3) is 0.385. The molecule has 112 valence electrons. The van der Waals surface area contributed by atoms with Crippen LogP contribution in [0.25, 0.3) is 11.5 Å². The molecule has 0 aliphatic carbocycles. The van der Waals surface area contributed by atoms with Gasteiger partial charge in [0.15, 0.2) is 0 Å². The molecule has 0 aliphatic rings. The summed E-state index contributed by atoms with van der Waals surface area (Å²) < 4.78 is 6.13. The molecule has 0 amide bonds. The number of aromatic nitrogens is 2. The monoisotopic (exact) mass is 293 g/mol. The standard InChI is InChI=1S/C13H15N3O5/c1-13(2,18)7-8-15-12(17)21-11(14-15)9-3-5-10(6-4-9)16(19)20/h3-6,18H,7-8H2,1-2H3. The second-order valence-electron chi connectivity index (χ2n) is 5.26. The number of aliphatic hydroxyl groups is 1. The van der Waals surface area contributed by atoms with Crippen molar-refractivity contribution in [1.82, 2.24) is 9.78 Å². The number of nitrogens with zero attached hydrogens (tertiary/aromatic N) is 3. The lowest BCUT2D eigenvalue weighted by Crippen LogP contribution is -2.25. The van der Waals surface area contributed by atoms with Gasteiger partial charge >= 0.3 is 5.76 Å². The fourth-order valence-corrected chi connectivity index (χ4v) is 1.67. The van der Waals surface area contributed by atoms with Crippen LogP contribution in [0.4, 0.5) is 5.69 Å². The fourth-order valence-electron chi connectivity index (χ4n) is 1.67. The number of non-ortho nitro benzene ring substituents is 1. The van der Waals surface area contributed by atoms with Crippen LogP contribution in [0.3, 0.4) is 0 Å². The summed E-state index contributed by atoms with van der Waals surface area (Å²) in [6, 6.07) is 5.55. The van der Waals surface area contributed by atoms with Gasteiger partial charge in [-0.1, -0.05) is 0 Å². The molecule has 0 radical (unpaired) electrons. The van der Waals surface area contributed by atoms with Crippen LogP contribution >= 0.6 is 0 Å². The Hall–Kier alpha value is -2.48. The molecule has 21 heavy (non-hydrogen) atoms. The third-order valence-electron chi connectivity index (χ3n) is 2.87. The molecule has 0 spiro atoms. The van der Waals surface area contributed by atoms with E-state index in [1.807, 2.05) is 0 Å². The van der Waals surface area contributed by atoms with Crippen molar-refractivity contribution in [2.24, 2.45) is 0 Å². The van der Waals surface area contributed by atoms with Crippen LogP contribution in [0.2, 0.25) is 0 Å². The minimum Gasteiger partial charge on any atom is -0.390 e. The molecule has 8 heteroatoms. The SMILES string of the molecule is CC(C)(O)CCn1nc(-c2ccc([N+](=O)[O-])cc2)oc1=O. The maximum Gasteiger partial charge on any atom is 0.437 e. The topological polar surface area (TPSA) is 111 Å². The molecule has 1 aromatic heterocycles. The number of aryl methyl sites for hydroxylation is 1. The first-order chi connectivity index (χ1) is 9.76. The van der Waals surface area contributed by atoms with E-state index < -0.39 is 16.3 Å². The van der Waals surface area contributed by atoms with Gasteiger partial charge in [-0.15, -0.1) is 5.10 Å². The normalized spacial score (nSPS) is 11.6. The van der Waals surface area contributed by atoms with Gasteiger partial charge in [0, 0.05) is 17.7 Å². The molecule has 0 bridgehead atoms. The Bertz CT molecular complexity index is 694. The van der Waals surface area contributed by atoms with Crippen molar-refractivity contribution in [3.63, 3.8) is 0 Å². The van der Waals surface area contributed by atoms with Gasteiger partial charge < -0.3 is 9.52 Å². The summed E-state index contributed by atoms with van der Waals surface area (Å²) in [5.74, 6) is -0.543. The van der Waals surface area contributed by atoms with Crippen LogP contribution in [0.1, 0.15) is 20.3 Å². The highest BCUT2D eigenvalue weighted by atomic mass is 16.6. The largest absolute Gasteiger partial charge is 0.437 e. The lowest BCUT2D eigenvalue weighted by Gasteiger charge is -2.15. The second kappa shape index (κ2) is 5.49. The highest BCUT2D eigenvalue weighted by Crippen LogP contribution is 2.19. The van der Waals surface area contributed by atoms with Gasteiger partial charge in [-0.2, -0.15) is 4.68 Å². The van der Waals surface area contributed by atoms with Gasteiger partial charge in [0.25, 0.3) is 5.69 Å². The first kappa shape index (κ1) is 14.9. The maximum absolute atomic E-state index is 11.6. The zero-order valence-corrected chi connectivity index (χ0v) is 11.6. The summed E-state index contributed by atoms with van der Waals surface area (Å²) >= 11 is 0. The van der Waals surface area contributed by atoms with Crippen LogP contribution in [-0.4, -0.2) is 25.4 Å². The van der Waals surface area contributed by atoms with Crippen LogP contribution in [0, 0.1) is 10.1 Å². The van der Waals surface area contributed by atoms with Crippen LogP contribution in [0.5, 0.6) is 0 Å². The third-order valence-corrected chi connectivity index (χ3v) is 2.87. The van der Waals surface area contributed by atoms with Crippen LogP contribution in [0.15, 0.2) is 33.5 Å². The minimum absolute atomic E-state index is 0.0532. The summed E-state index contributed by atoms with van der Waals surface area (Å²) in [5, 5.41) is 24.2. The van der Waals surface area contributed by atoms with Crippen molar-refractivity contribution in [2.75, 3.05) is 0 Å². The molecule has 0 aliphatic heterocycles. The molecule has 0 saturated heterocycles. The molecule has 2 aromatic rings. The number of hydrogen-bond donors (Lipinski definition) is 1. The van der Waals surface area contributed by atoms with E-state index in [1.165, 1.54) is 24.3 Å². The van der Waals surface area contributed by atoms with Gasteiger partial charge in [0.2, 0.25) is 5.89 Å². The summed E-state index contributed by atoms with van der Waals surface area (Å²) in [5.41, 5.74) is -0.492. The van der Waals surface area contributed by atoms with Crippen molar-refractivity contribution in [3.05, 3.63) is 44.9 Å². The quantitative estimate of drug-likeness (QED) is 0.661. The van der Waals surface area contributed by atoms with E-state index in [4.69, 9.17) is 4.42 Å². The number of nitro groups is 1. The molecule has 0 atom stereocenters. The summed E-state index contributed by atoms with van der Waals surface area (Å²) in [7, 11) is 0. The van der Waals surface area contributed by atoms with Crippen molar-refractivity contribution in [1.29, 1.82) is 0 Å². The zero-order valence-electron chi connectivity index (χ0n) is 11.6. The van der Waals surface area contributed by atoms with Crippen molar-refractivity contribution >= 4 is 5.69 Å². The average Bonchev–Trinajstić information content (AvgIpc) is 2.77. The van der Waals surface area contributed by atoms with Crippen molar-refractivity contribution in [3.8, 4) is 11.5 Å². The number of nitro benzene ring substituents is 1. The average molecular weight is 293 g/mol. The molecule has 8 nitrogen and oxygen atoms in total. The Morgan fingerprint density at radius 3 is 2.52 bits per heavy atom. The van der Waals surface area contributed by atoms with E-state index in [2.05, 4.69) is 5.10 Å². The number of hydrogen-bond acceptors (Lipinski definition) is 6. The lowest BCUT2D eigenvalue weighted by atomic mass is 10.1. The molecule has 0 fully saturated rings. The van der Waals surface area contributed by atoms with E-state index in [-0.39, 0.29) is 18.1 Å². The van der Waals surface area contributed by atoms with E-state index in [0.717, 1.165) is 4.68 Å². The Labute approximate surface area is 119 Å². The molecule has 1 aromatic carbocycles. The molecular weight excluding hydrogens is 278 g/mol. The Morgan fingerprint density at radius 1 is 1.38 bits per heavy atom. The second-order valence-corrected chi connectivity index (χ2v) is 5.26. The highest BCUT2D eigenvalue weighted by Gasteiger charge is 2.16. The van der Waals surface area contributed by atoms with Gasteiger partial charge in [0.1, 0.15) is 0 Å². The maximum atomic E-state index is 11.6. The summed E-state index contributed by atoms with van der Waals surface area (Å²) in [6.45, 7) is 3.49. The van der Waals surface area contributed by atoms with Gasteiger partial charge in [-0.05, 0) is 32.4 Å². The first-order valence-corrected chi connectivity index (χ1v) is 6.31. The van der Waals surface area contributed by atoms with E-state index >= 15 is 0 Å². The molecule has 0 saturated carbocycles. The molecular formula is C13H15N3O5. The summed E-state index contributed by atoms with van der Waals surface area (Å²) in [4.78, 5) is 21.7. The van der Waals surface area contributed by atoms with E-state index in [0.29, 0.717) is 12.0 Å². The van der Waals surface area contributed by atoms with E-state index in [1.54, 1.807) is 13.8 Å². The highest BCUT2D eigenvalue weighted by molar-refractivity contribution is 5.55. The Morgan fingerprint density at radius 2 is 2.00 bits per heavy atom. The molecule has 1 heterocycles. The first-order valence-electron chi connectivity index (χ1n) is 6.31. The zero-order chi connectivity index (χ0) is 15.6. The Kier molecular flexibility index (Phi) is 3.90. The van der Waals surface area contributed by atoms with Gasteiger partial charge in [0.05, 0.1) is 17.1 Å². The Balaban J connectivity index is 2.22. The predicted octanol–water partition coefficient (Wildman–Crippen LogP) is 1.57. The van der Waals surface area contributed by atoms with Gasteiger partial charge in [-0.25, -0.2) is 4.79 Å². The number of rotatable bonds is 5. The summed E-state index contributed by atoms with van der Waals surface area (Å²) in [6.07, 6.45) is 0.346. The van der Waals surface area contributed by atoms with Gasteiger partial charge in [-0.3, -0.25) is 10.1 Å². The minimum atomic E-state index is -0.911. The van der Waals surface area contributed by atoms with Crippen LogP contribution in [-0.2, 0) is 6.54 Å². The molecule has 0 unspecified atom stereocenters. The number of benzene rings is 1. The van der Waals surface area contributed by atoms with Crippen LogP contribution < -0.4 is 5.76 Å². The van der Waals surface area contributed by atoms with Crippen molar-refractivity contribution in [2.45, 2.75) is 32.4 Å². The van der Waals surface area contributed by atoms with Crippen molar-refractivity contribution < 1.29 is 14.4 Å². The lowest BCUT2D eigenvalue weighted by molar-refractivity contribution is -0.384. The smallest absolute Gasteiger partial charge is 0.390 e. The third kappa shape index (κ3) is 3.76. The van der Waals surface area contributed by atoms with E-state index in [9.17, 15) is 20.0 Å². The molecule has 1 N–H and O–H groups in total.